The summed E-state index contributed by atoms with van der Waals surface area (Å²) in [5, 5.41) is 12.1. The Labute approximate surface area is 202 Å². The molecule has 0 radical (unpaired) electrons. The number of primary amides is 1. The van der Waals surface area contributed by atoms with Crippen LogP contribution in [0.1, 0.15) is 34.1 Å². The largest absolute Gasteiger partial charge is 0.435 e. The third kappa shape index (κ3) is 5.22. The van der Waals surface area contributed by atoms with Crippen LogP contribution in [0.2, 0.25) is 0 Å². The summed E-state index contributed by atoms with van der Waals surface area (Å²) in [6, 6.07) is 6.06. The molecule has 34 heavy (non-hydrogen) atoms. The molecule has 0 aliphatic heterocycles. The summed E-state index contributed by atoms with van der Waals surface area (Å²) in [4.78, 5) is 25.8. The average molecular weight is 508 g/mol. The zero-order chi connectivity index (χ0) is 24.4. The van der Waals surface area contributed by atoms with E-state index in [1.54, 1.807) is 23.7 Å². The van der Waals surface area contributed by atoms with Gasteiger partial charge in [0.2, 0.25) is 5.91 Å². The Hall–Kier alpha value is -2.99. The van der Waals surface area contributed by atoms with E-state index in [-0.39, 0.29) is 17.4 Å². The molecule has 1 unspecified atom stereocenters. The third-order valence-corrected chi connectivity index (χ3v) is 7.71. The van der Waals surface area contributed by atoms with Crippen LogP contribution in [0.3, 0.4) is 0 Å². The standard InChI is InChI=1S/C22H23F2N5O3S2/c1-11-3-8-14-15(9-11)34-20(17(14)18(25)31)26-16(30)10-33-22-28-27-19(29(22)2)12-4-6-13(7-5-12)32-21(23)24/h4-7,11,21H,3,8-10H2,1-2H3,(H2,25,31)(H,26,30). The molecule has 8 nitrogen and oxygen atoms in total. The van der Waals surface area contributed by atoms with Crippen LogP contribution in [0.5, 0.6) is 5.75 Å². The predicted octanol–water partition coefficient (Wildman–Crippen LogP) is 4.10. The number of anilines is 1. The van der Waals surface area contributed by atoms with Gasteiger partial charge in [0.15, 0.2) is 11.0 Å². The number of fused-ring (bicyclic) bond motifs is 1. The first-order chi connectivity index (χ1) is 16.2. The molecule has 12 heteroatoms. The molecule has 0 saturated carbocycles. The predicted molar refractivity (Wildman–Crippen MR) is 126 cm³/mol. The number of aromatic nitrogens is 3. The van der Waals surface area contributed by atoms with Gasteiger partial charge >= 0.3 is 6.61 Å². The van der Waals surface area contributed by atoms with Gasteiger partial charge in [0.1, 0.15) is 10.8 Å². The molecule has 1 aliphatic rings. The van der Waals surface area contributed by atoms with E-state index in [0.717, 1.165) is 29.7 Å². The van der Waals surface area contributed by atoms with Gasteiger partial charge in [-0.2, -0.15) is 8.78 Å². The summed E-state index contributed by atoms with van der Waals surface area (Å²) in [5.41, 5.74) is 7.66. The molecule has 180 valence electrons. The van der Waals surface area contributed by atoms with Gasteiger partial charge in [0, 0.05) is 17.5 Å². The number of halogens is 2. The first-order valence-electron chi connectivity index (χ1n) is 10.5. The number of ether oxygens (including phenoxy) is 1. The van der Waals surface area contributed by atoms with E-state index in [1.165, 1.54) is 35.2 Å². The maximum absolute atomic E-state index is 12.6. The number of thiophene rings is 1. The van der Waals surface area contributed by atoms with Gasteiger partial charge in [0.05, 0.1) is 11.3 Å². The third-order valence-electron chi connectivity index (χ3n) is 5.52. The van der Waals surface area contributed by atoms with E-state index < -0.39 is 12.5 Å². The molecule has 0 fully saturated rings. The Bertz CT molecular complexity index is 1210. The monoisotopic (exact) mass is 507 g/mol. The second-order valence-electron chi connectivity index (χ2n) is 8.03. The molecule has 1 atom stereocenters. The van der Waals surface area contributed by atoms with Crippen molar-refractivity contribution >= 4 is 39.9 Å². The molecule has 2 amide bonds. The van der Waals surface area contributed by atoms with Crippen LogP contribution in [-0.4, -0.2) is 38.9 Å². The number of hydrogen-bond donors (Lipinski definition) is 2. The molecule has 3 N–H and O–H groups in total. The zero-order valence-electron chi connectivity index (χ0n) is 18.5. The van der Waals surface area contributed by atoms with Crippen LogP contribution >= 0.6 is 23.1 Å². The number of nitrogens with zero attached hydrogens (tertiary/aromatic N) is 3. The lowest BCUT2D eigenvalue weighted by Crippen LogP contribution is -2.20. The van der Waals surface area contributed by atoms with E-state index in [0.29, 0.717) is 33.0 Å². The molecule has 0 saturated heterocycles. The summed E-state index contributed by atoms with van der Waals surface area (Å²) >= 11 is 2.61. The molecule has 0 spiro atoms. The van der Waals surface area contributed by atoms with Crippen molar-refractivity contribution in [3.8, 4) is 17.1 Å². The van der Waals surface area contributed by atoms with E-state index in [1.807, 2.05) is 0 Å². The normalized spacial score (nSPS) is 15.3. The summed E-state index contributed by atoms with van der Waals surface area (Å²) in [7, 11) is 1.75. The summed E-state index contributed by atoms with van der Waals surface area (Å²) in [6.07, 6.45) is 2.65. The minimum Gasteiger partial charge on any atom is -0.435 e. The zero-order valence-corrected chi connectivity index (χ0v) is 20.1. The van der Waals surface area contributed by atoms with Crippen LogP contribution in [0, 0.1) is 5.92 Å². The van der Waals surface area contributed by atoms with Crippen molar-refractivity contribution in [1.82, 2.24) is 14.8 Å². The number of amides is 2. The fourth-order valence-corrected chi connectivity index (χ4v) is 6.01. The van der Waals surface area contributed by atoms with Crippen molar-refractivity contribution in [2.24, 2.45) is 18.7 Å². The SMILES string of the molecule is CC1CCc2c(sc(NC(=O)CSc3nnc(-c4ccc(OC(F)F)cc4)n3C)c2C(N)=O)C1. The van der Waals surface area contributed by atoms with Crippen molar-refractivity contribution in [3.63, 3.8) is 0 Å². The van der Waals surface area contributed by atoms with E-state index in [4.69, 9.17) is 5.73 Å². The van der Waals surface area contributed by atoms with Crippen LogP contribution < -0.4 is 15.8 Å². The molecule has 0 bridgehead atoms. The van der Waals surface area contributed by atoms with Gasteiger partial charge in [-0.3, -0.25) is 9.59 Å². The number of rotatable bonds is 8. The Kier molecular flexibility index (Phi) is 7.17. The van der Waals surface area contributed by atoms with Crippen LogP contribution in [-0.2, 0) is 24.7 Å². The topological polar surface area (TPSA) is 112 Å². The van der Waals surface area contributed by atoms with Crippen LogP contribution in [0.25, 0.3) is 11.4 Å². The van der Waals surface area contributed by atoms with Gasteiger partial charge < -0.3 is 20.4 Å². The van der Waals surface area contributed by atoms with E-state index in [2.05, 4.69) is 27.2 Å². The molecular weight excluding hydrogens is 484 g/mol. The van der Waals surface area contributed by atoms with Gasteiger partial charge in [-0.05, 0) is 55.0 Å². The second kappa shape index (κ2) is 10.1. The van der Waals surface area contributed by atoms with Crippen molar-refractivity contribution in [1.29, 1.82) is 0 Å². The van der Waals surface area contributed by atoms with Gasteiger partial charge in [-0.15, -0.1) is 21.5 Å². The number of alkyl halides is 2. The molecule has 1 aromatic carbocycles. The summed E-state index contributed by atoms with van der Waals surface area (Å²) in [6.45, 7) is -0.723. The van der Waals surface area contributed by atoms with Crippen LogP contribution in [0.4, 0.5) is 13.8 Å². The molecule has 2 aromatic heterocycles. The van der Waals surface area contributed by atoms with Crippen molar-refractivity contribution < 1.29 is 23.1 Å². The average Bonchev–Trinajstić information content (AvgIpc) is 3.31. The Morgan fingerprint density at radius 3 is 2.74 bits per heavy atom. The highest BCUT2D eigenvalue weighted by Crippen LogP contribution is 2.39. The highest BCUT2D eigenvalue weighted by molar-refractivity contribution is 7.99. The maximum Gasteiger partial charge on any atom is 0.387 e. The van der Waals surface area contributed by atoms with Gasteiger partial charge in [-0.25, -0.2) is 0 Å². The molecule has 3 aromatic rings. The smallest absolute Gasteiger partial charge is 0.387 e. The lowest BCUT2D eigenvalue weighted by Gasteiger charge is -2.18. The number of benzene rings is 1. The summed E-state index contributed by atoms with van der Waals surface area (Å²) < 4.78 is 30.7. The number of nitrogens with two attached hydrogens (primary N) is 1. The van der Waals surface area contributed by atoms with Crippen molar-refractivity contribution in [2.75, 3.05) is 11.1 Å². The van der Waals surface area contributed by atoms with Gasteiger partial charge in [-0.1, -0.05) is 18.7 Å². The first kappa shape index (κ1) is 24.1. The minimum atomic E-state index is -2.89. The Balaban J connectivity index is 1.42. The highest BCUT2D eigenvalue weighted by atomic mass is 32.2. The first-order valence-corrected chi connectivity index (χ1v) is 12.3. The Morgan fingerprint density at radius 2 is 2.06 bits per heavy atom. The number of carbonyl (C=O) groups is 2. The molecule has 2 heterocycles. The molecule has 4 rings (SSSR count). The van der Waals surface area contributed by atoms with Crippen molar-refractivity contribution in [3.05, 3.63) is 40.3 Å². The number of carbonyl (C=O) groups excluding carboxylic acids is 2. The van der Waals surface area contributed by atoms with E-state index >= 15 is 0 Å². The van der Waals surface area contributed by atoms with Crippen LogP contribution in [0.15, 0.2) is 29.4 Å². The van der Waals surface area contributed by atoms with Gasteiger partial charge in [0.25, 0.3) is 5.91 Å². The number of nitrogens with one attached hydrogen (secondary N) is 1. The lowest BCUT2D eigenvalue weighted by molar-refractivity contribution is -0.113. The fraction of sp³-hybridized carbons (Fsp3) is 0.364. The van der Waals surface area contributed by atoms with Crippen molar-refractivity contribution in [2.45, 2.75) is 38.0 Å². The summed E-state index contributed by atoms with van der Waals surface area (Å²) in [5.74, 6) is 0.346. The second-order valence-corrected chi connectivity index (χ2v) is 10.1. The number of hydrogen-bond acceptors (Lipinski definition) is 7. The number of thioether (sulfide) groups is 1. The quantitative estimate of drug-likeness (QED) is 0.444. The van der Waals surface area contributed by atoms with E-state index in [9.17, 15) is 18.4 Å². The lowest BCUT2D eigenvalue weighted by atomic mass is 9.88. The molecule has 1 aliphatic carbocycles. The highest BCUT2D eigenvalue weighted by Gasteiger charge is 2.27. The Morgan fingerprint density at radius 1 is 1.32 bits per heavy atom. The fourth-order valence-electron chi connectivity index (χ4n) is 3.87. The molecular formula is C22H23F2N5O3S2. The maximum atomic E-state index is 12.6. The minimum absolute atomic E-state index is 0.0484.